The van der Waals surface area contributed by atoms with Gasteiger partial charge in [0, 0.05) is 12.7 Å². The number of aromatic nitrogens is 2. The van der Waals surface area contributed by atoms with Gasteiger partial charge in [-0.1, -0.05) is 20.8 Å². The molecule has 4 nitrogen and oxygen atoms in total. The molecule has 170 valence electrons. The van der Waals surface area contributed by atoms with Gasteiger partial charge >= 0.3 is 0 Å². The highest BCUT2D eigenvalue weighted by molar-refractivity contribution is 5.21. The summed E-state index contributed by atoms with van der Waals surface area (Å²) in [6.45, 7) is 10.5. The molecule has 8 atom stereocenters. The van der Waals surface area contributed by atoms with Crippen LogP contribution in [0.5, 0.6) is 0 Å². The van der Waals surface area contributed by atoms with Crippen molar-refractivity contribution >= 4 is 0 Å². The Morgan fingerprint density at radius 2 is 1.87 bits per heavy atom. The van der Waals surface area contributed by atoms with Crippen LogP contribution in [0.2, 0.25) is 0 Å². The lowest BCUT2D eigenvalue weighted by atomic mass is 9.47. The Balaban J connectivity index is 1.33. The van der Waals surface area contributed by atoms with Crippen molar-refractivity contribution in [2.75, 3.05) is 0 Å². The van der Waals surface area contributed by atoms with Crippen molar-refractivity contribution in [2.45, 2.75) is 97.6 Å². The van der Waals surface area contributed by atoms with Gasteiger partial charge in [-0.15, -0.1) is 0 Å². The van der Waals surface area contributed by atoms with Crippen LogP contribution in [0.3, 0.4) is 0 Å². The summed E-state index contributed by atoms with van der Waals surface area (Å²) in [7, 11) is 0. The Morgan fingerprint density at radius 3 is 2.61 bits per heavy atom. The molecule has 4 heteroatoms. The number of aliphatic hydroxyl groups is 1. The molecule has 0 aliphatic heterocycles. The summed E-state index contributed by atoms with van der Waals surface area (Å²) < 4.78 is 2.00. The Hall–Kier alpha value is -1.34. The first-order chi connectivity index (χ1) is 14.6. The molecule has 5 rings (SSSR count). The maximum absolute atomic E-state index is 10.6. The van der Waals surface area contributed by atoms with Crippen LogP contribution in [0.4, 0.5) is 0 Å². The zero-order chi connectivity index (χ0) is 22.0. The monoisotopic (exact) mass is 423 g/mol. The highest BCUT2D eigenvalue weighted by Gasteiger charge is 2.59. The molecule has 4 fully saturated rings. The Labute approximate surface area is 188 Å². The van der Waals surface area contributed by atoms with Crippen LogP contribution in [0.15, 0.2) is 12.4 Å². The third-order valence-electron chi connectivity index (χ3n) is 10.5. The SMILES string of the molecule is CC(C)(Cn1cc(C#N)cn1)[C@H]1CC[C@H]2[C@@H]3CC[C@@H]4C[C@](C)(O)CC[C@@H]4[C@H]3CC[C@]12C. The average Bonchev–Trinajstić information content (AvgIpc) is 3.30. The normalized spacial score (nSPS) is 44.8. The zero-order valence-electron chi connectivity index (χ0n) is 20.0. The molecule has 0 saturated heterocycles. The van der Waals surface area contributed by atoms with Gasteiger partial charge in [-0.3, -0.25) is 4.68 Å². The predicted octanol–water partition coefficient (Wildman–Crippen LogP) is 5.80. The summed E-state index contributed by atoms with van der Waals surface area (Å²) in [5.74, 6) is 5.01. The van der Waals surface area contributed by atoms with Gasteiger partial charge < -0.3 is 5.11 Å². The molecule has 0 bridgehead atoms. The van der Waals surface area contributed by atoms with Crippen LogP contribution in [0.1, 0.15) is 91.0 Å². The van der Waals surface area contributed by atoms with E-state index in [0.29, 0.717) is 16.9 Å². The number of hydrogen-bond acceptors (Lipinski definition) is 3. The van der Waals surface area contributed by atoms with Crippen LogP contribution in [-0.4, -0.2) is 20.5 Å². The van der Waals surface area contributed by atoms with Gasteiger partial charge in [0.1, 0.15) is 6.07 Å². The van der Waals surface area contributed by atoms with Crippen LogP contribution in [-0.2, 0) is 6.54 Å². The summed E-state index contributed by atoms with van der Waals surface area (Å²) >= 11 is 0. The van der Waals surface area contributed by atoms with E-state index in [1.54, 1.807) is 6.20 Å². The average molecular weight is 424 g/mol. The van der Waals surface area contributed by atoms with Crippen molar-refractivity contribution in [3.63, 3.8) is 0 Å². The molecule has 1 heterocycles. The molecule has 0 amide bonds. The summed E-state index contributed by atoms with van der Waals surface area (Å²) in [6.07, 6.45) is 15.1. The van der Waals surface area contributed by atoms with Gasteiger partial charge in [-0.2, -0.15) is 10.4 Å². The van der Waals surface area contributed by atoms with E-state index in [9.17, 15) is 5.11 Å². The van der Waals surface area contributed by atoms with E-state index in [-0.39, 0.29) is 5.41 Å². The summed E-state index contributed by atoms with van der Waals surface area (Å²) in [5, 5.41) is 24.3. The van der Waals surface area contributed by atoms with Crippen LogP contribution >= 0.6 is 0 Å². The molecule has 4 saturated carbocycles. The number of hydrogen-bond donors (Lipinski definition) is 1. The van der Waals surface area contributed by atoms with Crippen molar-refractivity contribution in [1.82, 2.24) is 9.78 Å². The van der Waals surface area contributed by atoms with E-state index in [1.807, 2.05) is 10.9 Å². The van der Waals surface area contributed by atoms with E-state index in [1.165, 1.54) is 44.9 Å². The molecular formula is C27H41N3O. The lowest BCUT2D eigenvalue weighted by Crippen LogP contribution is -2.51. The standard InChI is InChI=1S/C27H41N3O/c1-25(2,17-30-16-18(14-28)15-29-30)24-8-7-23-22-6-5-19-13-26(3,31)11-9-20(19)21(22)10-12-27(23,24)4/h15-16,19-24,31H,5-13,17H2,1-4H3/t19-,20+,21-,22-,23+,24-,26-,27+/m1/s1. The first-order valence-corrected chi connectivity index (χ1v) is 12.8. The molecular weight excluding hydrogens is 382 g/mol. The number of nitrogens with zero attached hydrogens (tertiary/aromatic N) is 3. The quantitative estimate of drug-likeness (QED) is 0.668. The van der Waals surface area contributed by atoms with E-state index in [4.69, 9.17) is 5.26 Å². The van der Waals surface area contributed by atoms with E-state index < -0.39 is 5.60 Å². The first kappa shape index (κ1) is 21.5. The second-order valence-corrected chi connectivity index (χ2v) is 12.9. The van der Waals surface area contributed by atoms with Crippen molar-refractivity contribution < 1.29 is 5.11 Å². The van der Waals surface area contributed by atoms with Crippen LogP contribution in [0, 0.1) is 57.7 Å². The fraction of sp³-hybridized carbons (Fsp3) is 0.852. The first-order valence-electron chi connectivity index (χ1n) is 12.8. The number of fused-ring (bicyclic) bond motifs is 5. The molecule has 0 radical (unpaired) electrons. The molecule has 4 aliphatic rings. The van der Waals surface area contributed by atoms with Gasteiger partial charge in [0.25, 0.3) is 0 Å². The smallest absolute Gasteiger partial charge is 0.102 e. The fourth-order valence-electron chi connectivity index (χ4n) is 9.40. The van der Waals surface area contributed by atoms with Gasteiger partial charge in [0.2, 0.25) is 0 Å². The maximum Gasteiger partial charge on any atom is 0.102 e. The van der Waals surface area contributed by atoms with Gasteiger partial charge in [0.15, 0.2) is 0 Å². The summed E-state index contributed by atoms with van der Waals surface area (Å²) in [5.41, 5.74) is 0.853. The lowest BCUT2D eigenvalue weighted by molar-refractivity contribution is -0.108. The highest BCUT2D eigenvalue weighted by atomic mass is 16.3. The van der Waals surface area contributed by atoms with E-state index in [0.717, 1.165) is 49.0 Å². The van der Waals surface area contributed by atoms with Crippen molar-refractivity contribution in [2.24, 2.45) is 46.3 Å². The molecule has 31 heavy (non-hydrogen) atoms. The largest absolute Gasteiger partial charge is 0.390 e. The minimum absolute atomic E-state index is 0.176. The van der Waals surface area contributed by atoms with Gasteiger partial charge in [-0.25, -0.2) is 0 Å². The second-order valence-electron chi connectivity index (χ2n) is 12.9. The van der Waals surface area contributed by atoms with Gasteiger partial charge in [0.05, 0.1) is 17.4 Å². The highest BCUT2D eigenvalue weighted by Crippen LogP contribution is 2.67. The Morgan fingerprint density at radius 1 is 1.10 bits per heavy atom. The van der Waals surface area contributed by atoms with Crippen molar-refractivity contribution in [3.8, 4) is 6.07 Å². The van der Waals surface area contributed by atoms with Crippen LogP contribution in [0.25, 0.3) is 0 Å². The van der Waals surface area contributed by atoms with E-state index >= 15 is 0 Å². The van der Waals surface area contributed by atoms with Gasteiger partial charge in [-0.05, 0) is 111 Å². The summed E-state index contributed by atoms with van der Waals surface area (Å²) in [4.78, 5) is 0. The zero-order valence-corrected chi connectivity index (χ0v) is 20.0. The molecule has 1 aromatic rings. The topological polar surface area (TPSA) is 61.8 Å². The second kappa shape index (κ2) is 7.34. The Bertz CT molecular complexity index is 864. The number of nitriles is 1. The maximum atomic E-state index is 10.6. The lowest BCUT2D eigenvalue weighted by Gasteiger charge is -2.58. The predicted molar refractivity (Wildman–Crippen MR) is 122 cm³/mol. The molecule has 0 unspecified atom stereocenters. The van der Waals surface area contributed by atoms with Crippen LogP contribution < -0.4 is 0 Å². The molecule has 1 aromatic heterocycles. The molecule has 1 N–H and O–H groups in total. The third-order valence-corrected chi connectivity index (χ3v) is 10.5. The molecule has 0 spiro atoms. The summed E-state index contributed by atoms with van der Waals surface area (Å²) in [6, 6.07) is 2.22. The van der Waals surface area contributed by atoms with Crippen molar-refractivity contribution in [1.29, 1.82) is 5.26 Å². The molecule has 4 aliphatic carbocycles. The van der Waals surface area contributed by atoms with E-state index in [2.05, 4.69) is 38.9 Å². The fourth-order valence-corrected chi connectivity index (χ4v) is 9.40. The molecule has 0 aromatic carbocycles. The Kier molecular flexibility index (Phi) is 5.09. The minimum Gasteiger partial charge on any atom is -0.390 e. The third kappa shape index (κ3) is 3.56. The number of rotatable bonds is 3. The minimum atomic E-state index is -0.419. The van der Waals surface area contributed by atoms with Crippen molar-refractivity contribution in [3.05, 3.63) is 18.0 Å².